The maximum Gasteiger partial charge on any atom is 0.261 e. The van der Waals surface area contributed by atoms with Crippen LogP contribution in [0.3, 0.4) is 0 Å². The highest BCUT2D eigenvalue weighted by atomic mass is 79.9. The molecule has 1 unspecified atom stereocenters. The Labute approximate surface area is 215 Å². The van der Waals surface area contributed by atoms with Crippen molar-refractivity contribution in [2.75, 3.05) is 0 Å². The van der Waals surface area contributed by atoms with Crippen molar-refractivity contribution < 1.29 is 14.4 Å². The molecular weight excluding hydrogens is 504 g/mol. The van der Waals surface area contributed by atoms with Crippen molar-refractivity contribution in [3.63, 3.8) is 0 Å². The first kappa shape index (κ1) is 24.2. The molecule has 5 nitrogen and oxygen atoms in total. The van der Waals surface area contributed by atoms with Gasteiger partial charge in [0.25, 0.3) is 11.8 Å². The van der Waals surface area contributed by atoms with Crippen LogP contribution in [-0.4, -0.2) is 38.9 Å². The van der Waals surface area contributed by atoms with E-state index in [0.29, 0.717) is 24.0 Å². The Balaban J connectivity index is 1.47. The van der Waals surface area contributed by atoms with Gasteiger partial charge in [0.1, 0.15) is 6.10 Å². The van der Waals surface area contributed by atoms with Crippen LogP contribution < -0.4 is 0 Å². The predicted octanol–water partition coefficient (Wildman–Crippen LogP) is 6.91. The Hall–Kier alpha value is -2.54. The van der Waals surface area contributed by atoms with E-state index in [1.54, 1.807) is 0 Å². The molecule has 0 aliphatic carbocycles. The van der Waals surface area contributed by atoms with Crippen LogP contribution in [-0.2, 0) is 4.84 Å². The molecule has 1 atom stereocenters. The first-order valence-electron chi connectivity index (χ1n) is 12.1. The number of halogens is 1. The first-order chi connectivity index (χ1) is 16.5. The fraction of sp³-hybridized carbons (Fsp3) is 0.379. The van der Waals surface area contributed by atoms with Crippen LogP contribution in [0.2, 0.25) is 0 Å². The summed E-state index contributed by atoms with van der Waals surface area (Å²) < 4.78 is 0.882. The average molecular weight is 535 g/mol. The molecule has 5 rings (SSSR count). The van der Waals surface area contributed by atoms with Gasteiger partial charge in [-0.25, -0.2) is 0 Å². The van der Waals surface area contributed by atoms with Gasteiger partial charge in [0.05, 0.1) is 0 Å². The topological polar surface area (TPSA) is 49.9 Å². The number of amides is 2. The van der Waals surface area contributed by atoms with Gasteiger partial charge in [0.2, 0.25) is 0 Å². The summed E-state index contributed by atoms with van der Waals surface area (Å²) in [5.41, 5.74) is 1.48. The Morgan fingerprint density at radius 2 is 1.46 bits per heavy atom. The molecule has 2 amide bonds. The second kappa shape index (κ2) is 8.54. The summed E-state index contributed by atoms with van der Waals surface area (Å²) in [6.07, 6.45) is 1.13. The molecule has 0 bridgehead atoms. The molecule has 2 aliphatic rings. The third-order valence-electron chi connectivity index (χ3n) is 7.35. The zero-order valence-corrected chi connectivity index (χ0v) is 22.4. The Morgan fingerprint density at radius 3 is 2.09 bits per heavy atom. The van der Waals surface area contributed by atoms with Gasteiger partial charge in [-0.1, -0.05) is 58.4 Å². The van der Waals surface area contributed by atoms with E-state index in [1.165, 1.54) is 4.90 Å². The van der Waals surface area contributed by atoms with E-state index in [9.17, 15) is 9.59 Å². The summed E-state index contributed by atoms with van der Waals surface area (Å²) in [6.45, 7) is 10.6. The van der Waals surface area contributed by atoms with Crippen LogP contribution in [0.4, 0.5) is 0 Å². The lowest BCUT2D eigenvalue weighted by atomic mass is 9.77. The smallest absolute Gasteiger partial charge is 0.261 e. The molecule has 2 aliphatic heterocycles. The Bertz CT molecular complexity index is 1280. The third-order valence-corrected chi connectivity index (χ3v) is 8.04. The number of carbonyl (C=O) groups is 2. The number of hydroxylamine groups is 2. The van der Waals surface area contributed by atoms with Crippen molar-refractivity contribution in [3.05, 3.63) is 81.8 Å². The summed E-state index contributed by atoms with van der Waals surface area (Å²) in [4.78, 5) is 35.5. The molecule has 35 heavy (non-hydrogen) atoms. The first-order valence-corrected chi connectivity index (χ1v) is 12.9. The van der Waals surface area contributed by atoms with Crippen molar-refractivity contribution in [2.24, 2.45) is 0 Å². The minimum Gasteiger partial charge on any atom is -0.290 e. The molecule has 3 aromatic rings. The second-order valence-corrected chi connectivity index (χ2v) is 11.8. The molecule has 0 radical (unpaired) electrons. The molecule has 1 fully saturated rings. The maximum absolute atomic E-state index is 13.7. The summed E-state index contributed by atoms with van der Waals surface area (Å²) in [5, 5.41) is 3.71. The highest BCUT2D eigenvalue weighted by molar-refractivity contribution is 9.10. The van der Waals surface area contributed by atoms with Gasteiger partial charge in [-0.05, 0) is 76.6 Å². The van der Waals surface area contributed by atoms with Crippen molar-refractivity contribution in [1.29, 1.82) is 0 Å². The van der Waals surface area contributed by atoms with Gasteiger partial charge < -0.3 is 0 Å². The second-order valence-electron chi connectivity index (χ2n) is 10.9. The molecule has 0 aromatic heterocycles. The lowest BCUT2D eigenvalue weighted by molar-refractivity contribution is -0.308. The van der Waals surface area contributed by atoms with Crippen molar-refractivity contribution in [1.82, 2.24) is 9.96 Å². The summed E-state index contributed by atoms with van der Waals surface area (Å²) in [7, 11) is 0. The van der Waals surface area contributed by atoms with Crippen molar-refractivity contribution >= 4 is 38.5 Å². The molecule has 0 saturated carbocycles. The fourth-order valence-electron chi connectivity index (χ4n) is 6.03. The molecule has 0 spiro atoms. The largest absolute Gasteiger partial charge is 0.290 e. The quantitative estimate of drug-likeness (QED) is 0.341. The van der Waals surface area contributed by atoms with Crippen LogP contribution in [0.1, 0.15) is 79.8 Å². The van der Waals surface area contributed by atoms with Gasteiger partial charge in [0.15, 0.2) is 0 Å². The number of hydrogen-bond acceptors (Lipinski definition) is 4. The monoisotopic (exact) mass is 534 g/mol. The van der Waals surface area contributed by atoms with E-state index < -0.39 is 11.1 Å². The Morgan fingerprint density at radius 1 is 0.857 bits per heavy atom. The van der Waals surface area contributed by atoms with E-state index in [0.717, 1.165) is 20.8 Å². The predicted molar refractivity (Wildman–Crippen MR) is 141 cm³/mol. The molecule has 3 aromatic carbocycles. The van der Waals surface area contributed by atoms with Gasteiger partial charge >= 0.3 is 0 Å². The minimum absolute atomic E-state index is 0.118. The lowest BCUT2D eigenvalue weighted by Gasteiger charge is -2.56. The van der Waals surface area contributed by atoms with E-state index in [-0.39, 0.29) is 24.0 Å². The number of benzene rings is 3. The summed E-state index contributed by atoms with van der Waals surface area (Å²) in [5.74, 6) is -0.426. The van der Waals surface area contributed by atoms with Crippen LogP contribution in [0.5, 0.6) is 0 Å². The number of piperidine rings is 1. The summed E-state index contributed by atoms with van der Waals surface area (Å²) >= 11 is 3.57. The lowest BCUT2D eigenvalue weighted by Crippen LogP contribution is -2.65. The zero-order valence-electron chi connectivity index (χ0n) is 20.8. The van der Waals surface area contributed by atoms with Crippen molar-refractivity contribution in [3.8, 4) is 0 Å². The van der Waals surface area contributed by atoms with Gasteiger partial charge in [-0.3, -0.25) is 19.3 Å². The Kier molecular flexibility index (Phi) is 5.90. The van der Waals surface area contributed by atoms with Crippen LogP contribution in [0.25, 0.3) is 10.8 Å². The third kappa shape index (κ3) is 4.02. The van der Waals surface area contributed by atoms with Crippen molar-refractivity contribution in [2.45, 2.75) is 70.7 Å². The van der Waals surface area contributed by atoms with Crippen LogP contribution in [0.15, 0.2) is 65.1 Å². The molecular formula is C29H31BrN2O3. The van der Waals surface area contributed by atoms with Gasteiger partial charge in [-0.15, -0.1) is 0 Å². The van der Waals surface area contributed by atoms with Crippen LogP contribution >= 0.6 is 15.9 Å². The van der Waals surface area contributed by atoms with E-state index in [4.69, 9.17) is 4.84 Å². The fourth-order valence-corrected chi connectivity index (χ4v) is 6.50. The van der Waals surface area contributed by atoms with E-state index >= 15 is 0 Å². The van der Waals surface area contributed by atoms with Crippen LogP contribution in [0, 0.1) is 0 Å². The number of rotatable bonds is 4. The molecule has 6 heteroatoms. The minimum atomic E-state index is -0.401. The normalized spacial score (nSPS) is 20.9. The van der Waals surface area contributed by atoms with E-state index in [1.807, 2.05) is 48.5 Å². The molecule has 182 valence electrons. The maximum atomic E-state index is 13.7. The SMILES string of the molecule is CC(ON1C(C)(C)CC(N2C(=O)c3cccc4c(Br)ccc(c34)C2=O)CC1(C)C)c1ccccc1. The van der Waals surface area contributed by atoms with Gasteiger partial charge in [0, 0.05) is 38.1 Å². The highest BCUT2D eigenvalue weighted by Gasteiger charge is 2.51. The number of hydrogen-bond donors (Lipinski definition) is 0. The summed E-state index contributed by atoms with van der Waals surface area (Å²) in [6, 6.07) is 19.3. The highest BCUT2D eigenvalue weighted by Crippen LogP contribution is 2.44. The number of imide groups is 1. The number of nitrogens with zero attached hydrogens (tertiary/aromatic N) is 2. The molecule has 0 N–H and O–H groups in total. The van der Waals surface area contributed by atoms with E-state index in [2.05, 4.69) is 67.7 Å². The number of carbonyl (C=O) groups excluding carboxylic acids is 2. The van der Waals surface area contributed by atoms with Gasteiger partial charge in [-0.2, -0.15) is 5.06 Å². The standard InChI is InChI=1S/C29H31BrN2O3/c1-18(19-10-7-6-8-11-19)35-32-28(2,3)16-20(17-29(32,4)5)31-26(33)22-13-9-12-21-24(30)15-14-23(25(21)22)27(31)34/h6-15,18,20H,16-17H2,1-5H3. The molecule has 2 heterocycles. The molecule has 1 saturated heterocycles. The zero-order chi connectivity index (χ0) is 25.1. The average Bonchev–Trinajstić information content (AvgIpc) is 2.81.